The Labute approximate surface area is 101 Å². The lowest BCUT2D eigenvalue weighted by molar-refractivity contribution is 0.644. The molecule has 2 nitrogen and oxygen atoms in total. The number of benzene rings is 1. The Balaban J connectivity index is 2.05. The zero-order chi connectivity index (χ0) is 10.3. The summed E-state index contributed by atoms with van der Waals surface area (Å²) in [6.07, 6.45) is 2.49. The van der Waals surface area contributed by atoms with E-state index < -0.39 is 0 Å². The summed E-state index contributed by atoms with van der Waals surface area (Å²) >= 11 is 5.28. The molecule has 1 aromatic carbocycles. The molecule has 1 aliphatic rings. The Hall–Kier alpha value is -0.450. The van der Waals surface area contributed by atoms with Gasteiger partial charge >= 0.3 is 0 Å². The van der Waals surface area contributed by atoms with E-state index in [1.807, 2.05) is 11.3 Å². The molecule has 0 spiro atoms. The summed E-state index contributed by atoms with van der Waals surface area (Å²) in [6, 6.07) is 6.79. The first-order valence-electron chi connectivity index (χ1n) is 5.12. The number of fused-ring (bicyclic) bond motifs is 1. The van der Waals surface area contributed by atoms with Crippen LogP contribution in [0.5, 0.6) is 0 Å². The SMILES string of the molecule is Brc1ccc2sc(C3CCCN3)nc2c1. The van der Waals surface area contributed by atoms with Crippen molar-refractivity contribution in [3.05, 3.63) is 27.7 Å². The van der Waals surface area contributed by atoms with Gasteiger partial charge in [-0.25, -0.2) is 4.98 Å². The fourth-order valence-electron chi connectivity index (χ4n) is 1.96. The third-order valence-corrected chi connectivity index (χ3v) is 4.37. The molecule has 1 N–H and O–H groups in total. The number of nitrogens with zero attached hydrogens (tertiary/aromatic N) is 1. The normalized spacial score (nSPS) is 21.3. The van der Waals surface area contributed by atoms with Crippen LogP contribution in [0, 0.1) is 0 Å². The molecule has 0 saturated carbocycles. The van der Waals surface area contributed by atoms with Crippen LogP contribution >= 0.6 is 27.3 Å². The van der Waals surface area contributed by atoms with Gasteiger partial charge in [-0.3, -0.25) is 0 Å². The Morgan fingerprint density at radius 2 is 2.40 bits per heavy atom. The van der Waals surface area contributed by atoms with Gasteiger partial charge < -0.3 is 5.32 Å². The summed E-state index contributed by atoms with van der Waals surface area (Å²) in [5.74, 6) is 0. The largest absolute Gasteiger partial charge is 0.308 e. The van der Waals surface area contributed by atoms with Crippen molar-refractivity contribution in [2.24, 2.45) is 0 Å². The highest BCUT2D eigenvalue weighted by atomic mass is 79.9. The lowest BCUT2D eigenvalue weighted by Crippen LogP contribution is -2.12. The van der Waals surface area contributed by atoms with Crippen molar-refractivity contribution in [2.45, 2.75) is 18.9 Å². The fourth-order valence-corrected chi connectivity index (χ4v) is 3.37. The monoisotopic (exact) mass is 282 g/mol. The highest BCUT2D eigenvalue weighted by molar-refractivity contribution is 9.10. The fraction of sp³-hybridized carbons (Fsp3) is 0.364. The van der Waals surface area contributed by atoms with Gasteiger partial charge in [0, 0.05) is 4.47 Å². The summed E-state index contributed by atoms with van der Waals surface area (Å²) in [5.41, 5.74) is 1.11. The van der Waals surface area contributed by atoms with E-state index in [9.17, 15) is 0 Å². The summed E-state index contributed by atoms with van der Waals surface area (Å²) in [4.78, 5) is 4.68. The number of hydrogen-bond acceptors (Lipinski definition) is 3. The Kier molecular flexibility index (Phi) is 2.50. The molecule has 2 aromatic rings. The number of halogens is 1. The quantitative estimate of drug-likeness (QED) is 0.866. The minimum Gasteiger partial charge on any atom is -0.308 e. The first-order valence-corrected chi connectivity index (χ1v) is 6.73. The minimum absolute atomic E-state index is 0.487. The third kappa shape index (κ3) is 1.82. The van der Waals surface area contributed by atoms with Crippen LogP contribution in [0.1, 0.15) is 23.9 Å². The van der Waals surface area contributed by atoms with Crippen LogP contribution in [0.4, 0.5) is 0 Å². The Bertz CT molecular complexity index is 488. The third-order valence-electron chi connectivity index (χ3n) is 2.72. The van der Waals surface area contributed by atoms with E-state index in [-0.39, 0.29) is 0 Å². The van der Waals surface area contributed by atoms with Crippen molar-refractivity contribution in [1.82, 2.24) is 10.3 Å². The van der Waals surface area contributed by atoms with Gasteiger partial charge in [-0.1, -0.05) is 15.9 Å². The van der Waals surface area contributed by atoms with Crippen LogP contribution in [-0.2, 0) is 0 Å². The van der Waals surface area contributed by atoms with Gasteiger partial charge in [0.2, 0.25) is 0 Å². The van der Waals surface area contributed by atoms with E-state index in [2.05, 4.69) is 44.4 Å². The lowest BCUT2D eigenvalue weighted by Gasteiger charge is -2.03. The van der Waals surface area contributed by atoms with E-state index in [0.29, 0.717) is 6.04 Å². The van der Waals surface area contributed by atoms with Crippen molar-refractivity contribution in [2.75, 3.05) is 6.54 Å². The van der Waals surface area contributed by atoms with Gasteiger partial charge in [-0.05, 0) is 37.6 Å². The average Bonchev–Trinajstić information content (AvgIpc) is 2.84. The van der Waals surface area contributed by atoms with E-state index in [0.717, 1.165) is 16.5 Å². The maximum absolute atomic E-state index is 4.68. The van der Waals surface area contributed by atoms with Crippen molar-refractivity contribution in [3.63, 3.8) is 0 Å². The van der Waals surface area contributed by atoms with Gasteiger partial charge in [-0.2, -0.15) is 0 Å². The molecule has 78 valence electrons. The van der Waals surface area contributed by atoms with Gasteiger partial charge in [-0.15, -0.1) is 11.3 Å². The Morgan fingerprint density at radius 1 is 1.47 bits per heavy atom. The second-order valence-electron chi connectivity index (χ2n) is 3.81. The molecule has 1 saturated heterocycles. The summed E-state index contributed by atoms with van der Waals surface area (Å²) in [5, 5.41) is 4.72. The molecule has 0 amide bonds. The molecule has 15 heavy (non-hydrogen) atoms. The number of hydrogen-bond donors (Lipinski definition) is 1. The molecule has 0 bridgehead atoms. The van der Waals surface area contributed by atoms with Crippen molar-refractivity contribution < 1.29 is 0 Å². The zero-order valence-electron chi connectivity index (χ0n) is 8.16. The van der Waals surface area contributed by atoms with Crippen LogP contribution in [-0.4, -0.2) is 11.5 Å². The van der Waals surface area contributed by atoms with Crippen LogP contribution < -0.4 is 5.32 Å². The second kappa shape index (κ2) is 3.85. The lowest BCUT2D eigenvalue weighted by atomic mass is 10.2. The molecule has 2 heterocycles. The molecule has 3 rings (SSSR count). The summed E-state index contributed by atoms with van der Waals surface area (Å²) in [6.45, 7) is 1.13. The molecule has 4 heteroatoms. The number of nitrogens with one attached hydrogen (secondary N) is 1. The highest BCUT2D eigenvalue weighted by Crippen LogP contribution is 2.31. The predicted molar refractivity (Wildman–Crippen MR) is 67.3 cm³/mol. The molecular formula is C11H11BrN2S. The van der Waals surface area contributed by atoms with Crippen LogP contribution in [0.25, 0.3) is 10.2 Å². The van der Waals surface area contributed by atoms with Gasteiger partial charge in [0.05, 0.1) is 16.3 Å². The maximum Gasteiger partial charge on any atom is 0.111 e. The van der Waals surface area contributed by atoms with E-state index in [1.54, 1.807) is 0 Å². The second-order valence-corrected chi connectivity index (χ2v) is 5.79. The number of aromatic nitrogens is 1. The molecule has 1 unspecified atom stereocenters. The van der Waals surface area contributed by atoms with Gasteiger partial charge in [0.15, 0.2) is 0 Å². The standard InChI is InChI=1S/C11H11BrN2S/c12-7-3-4-10-9(6-7)14-11(15-10)8-2-1-5-13-8/h3-4,6,8,13H,1-2,5H2. The first kappa shape index (κ1) is 9.75. The zero-order valence-corrected chi connectivity index (χ0v) is 10.6. The molecule has 0 aliphatic carbocycles. The van der Waals surface area contributed by atoms with Crippen LogP contribution in [0.3, 0.4) is 0 Å². The van der Waals surface area contributed by atoms with Gasteiger partial charge in [0.25, 0.3) is 0 Å². The summed E-state index contributed by atoms with van der Waals surface area (Å²) in [7, 11) is 0. The average molecular weight is 283 g/mol. The van der Waals surface area contributed by atoms with Crippen molar-refractivity contribution >= 4 is 37.5 Å². The molecule has 1 atom stereocenters. The van der Waals surface area contributed by atoms with E-state index in [4.69, 9.17) is 0 Å². The maximum atomic E-state index is 4.68. The van der Waals surface area contributed by atoms with Gasteiger partial charge in [0.1, 0.15) is 5.01 Å². The van der Waals surface area contributed by atoms with Crippen molar-refractivity contribution in [1.29, 1.82) is 0 Å². The molecular weight excluding hydrogens is 272 g/mol. The predicted octanol–water partition coefficient (Wildman–Crippen LogP) is 3.48. The molecule has 1 aromatic heterocycles. The van der Waals surface area contributed by atoms with E-state index in [1.165, 1.54) is 22.5 Å². The van der Waals surface area contributed by atoms with Crippen LogP contribution in [0.2, 0.25) is 0 Å². The first-order chi connectivity index (χ1) is 7.33. The highest BCUT2D eigenvalue weighted by Gasteiger charge is 2.19. The minimum atomic E-state index is 0.487. The molecule has 1 fully saturated rings. The number of rotatable bonds is 1. The van der Waals surface area contributed by atoms with Crippen LogP contribution in [0.15, 0.2) is 22.7 Å². The topological polar surface area (TPSA) is 24.9 Å². The van der Waals surface area contributed by atoms with E-state index >= 15 is 0 Å². The van der Waals surface area contributed by atoms with Crippen molar-refractivity contribution in [3.8, 4) is 0 Å². The molecule has 1 aliphatic heterocycles. The molecule has 0 radical (unpaired) electrons. The Morgan fingerprint density at radius 3 is 3.20 bits per heavy atom. The number of thiazole rings is 1. The smallest absolute Gasteiger partial charge is 0.111 e. The summed E-state index contributed by atoms with van der Waals surface area (Å²) < 4.78 is 2.38.